The van der Waals surface area contributed by atoms with Gasteiger partial charge in [-0.3, -0.25) is 0 Å². The molecular weight excluding hydrogens is 488 g/mol. The van der Waals surface area contributed by atoms with Crippen molar-refractivity contribution >= 4 is 60.7 Å². The number of fused-ring (bicyclic) bond motifs is 7. The van der Waals surface area contributed by atoms with Crippen molar-refractivity contribution in [3.8, 4) is 11.3 Å². The first kappa shape index (κ1) is 22.6. The Morgan fingerprint density at radius 2 is 1.02 bits per heavy atom. The Hall–Kier alpha value is -5.41. The highest BCUT2D eigenvalue weighted by Gasteiger charge is 2.18. The van der Waals surface area contributed by atoms with Crippen molar-refractivity contribution in [2.45, 2.75) is 0 Å². The van der Waals surface area contributed by atoms with Crippen LogP contribution in [0.4, 0.5) is 17.1 Å². The number of hydrogen-bond donors (Lipinski definition) is 0. The molecule has 0 aliphatic heterocycles. The Balaban J connectivity index is 1.33. The van der Waals surface area contributed by atoms with Crippen LogP contribution in [0.2, 0.25) is 0 Å². The van der Waals surface area contributed by atoms with Crippen LogP contribution in [0, 0.1) is 0 Å². The summed E-state index contributed by atoms with van der Waals surface area (Å²) >= 11 is 0. The first-order valence-electron chi connectivity index (χ1n) is 13.5. The highest BCUT2D eigenvalue weighted by Crippen LogP contribution is 2.41. The zero-order valence-electron chi connectivity index (χ0n) is 21.7. The van der Waals surface area contributed by atoms with Crippen molar-refractivity contribution in [2.24, 2.45) is 0 Å². The Morgan fingerprint density at radius 3 is 1.75 bits per heavy atom. The fraction of sp³-hybridized carbons (Fsp3) is 0. The summed E-state index contributed by atoms with van der Waals surface area (Å²) in [7, 11) is 0. The summed E-state index contributed by atoms with van der Waals surface area (Å²) in [5.74, 6) is 0. The van der Waals surface area contributed by atoms with Gasteiger partial charge >= 0.3 is 0 Å². The lowest BCUT2D eigenvalue weighted by atomic mass is 9.97. The normalized spacial score (nSPS) is 11.5. The molecule has 0 fully saturated rings. The molecule has 0 unspecified atom stereocenters. The van der Waals surface area contributed by atoms with Gasteiger partial charge in [0.2, 0.25) is 0 Å². The van der Waals surface area contributed by atoms with Gasteiger partial charge in [-0.15, -0.1) is 0 Å². The number of para-hydroxylation sites is 4. The summed E-state index contributed by atoms with van der Waals surface area (Å²) < 4.78 is 6.48. The van der Waals surface area contributed by atoms with E-state index >= 15 is 0 Å². The van der Waals surface area contributed by atoms with Crippen LogP contribution < -0.4 is 4.90 Å². The number of anilines is 3. The summed E-state index contributed by atoms with van der Waals surface area (Å²) in [6, 6.07) is 50.6. The minimum atomic E-state index is 0.902. The second-order valence-corrected chi connectivity index (χ2v) is 9.99. The van der Waals surface area contributed by atoms with Crippen molar-refractivity contribution in [3.05, 3.63) is 146 Å². The molecule has 2 aromatic heterocycles. The van der Waals surface area contributed by atoms with Gasteiger partial charge < -0.3 is 9.32 Å². The fourth-order valence-electron chi connectivity index (χ4n) is 5.81. The summed E-state index contributed by atoms with van der Waals surface area (Å²) in [4.78, 5) is 7.44. The van der Waals surface area contributed by atoms with Crippen molar-refractivity contribution in [1.82, 2.24) is 4.98 Å². The van der Waals surface area contributed by atoms with Crippen LogP contribution in [0.5, 0.6) is 0 Å². The van der Waals surface area contributed by atoms with E-state index in [1.54, 1.807) is 0 Å². The topological polar surface area (TPSA) is 29.3 Å². The highest BCUT2D eigenvalue weighted by molar-refractivity contribution is 6.24. The molecule has 3 nitrogen and oxygen atoms in total. The third kappa shape index (κ3) is 3.56. The first-order valence-corrected chi connectivity index (χ1v) is 13.5. The van der Waals surface area contributed by atoms with Gasteiger partial charge in [-0.1, -0.05) is 91.0 Å². The number of furan rings is 1. The molecular formula is C37H24N2O. The zero-order valence-corrected chi connectivity index (χ0v) is 21.7. The molecule has 8 rings (SSSR count). The van der Waals surface area contributed by atoms with E-state index in [0.717, 1.165) is 71.9 Å². The first-order chi connectivity index (χ1) is 19.8. The van der Waals surface area contributed by atoms with Crippen LogP contribution in [0.3, 0.4) is 0 Å². The summed E-state index contributed by atoms with van der Waals surface area (Å²) in [5, 5.41) is 5.55. The molecule has 8 aromatic rings. The number of pyridine rings is 1. The molecule has 188 valence electrons. The average Bonchev–Trinajstić information content (AvgIpc) is 3.41. The van der Waals surface area contributed by atoms with Crippen LogP contribution in [-0.4, -0.2) is 4.98 Å². The minimum Gasteiger partial charge on any atom is -0.455 e. The van der Waals surface area contributed by atoms with Crippen molar-refractivity contribution in [3.63, 3.8) is 0 Å². The molecule has 40 heavy (non-hydrogen) atoms. The molecule has 0 aliphatic rings. The standard InChI is InChI=1S/C37H24N2O/c1-3-11-26(12-4-1)39(27-13-5-2-6-14-27)28-21-19-25(20-22-28)36-32-24-23-30-29-15-8-10-18-34(29)40-37(30)35(32)31-16-7-9-17-33(31)38-36/h1-24H. The number of hydrogen-bond acceptors (Lipinski definition) is 3. The molecule has 0 saturated carbocycles. The van der Waals surface area contributed by atoms with E-state index in [1.165, 1.54) is 0 Å². The van der Waals surface area contributed by atoms with Gasteiger partial charge in [-0.2, -0.15) is 0 Å². The lowest BCUT2D eigenvalue weighted by molar-refractivity contribution is 0.673. The second-order valence-electron chi connectivity index (χ2n) is 9.99. The Kier molecular flexibility index (Phi) is 5.14. The summed E-state index contributed by atoms with van der Waals surface area (Å²) in [6.45, 7) is 0. The van der Waals surface area contributed by atoms with Gasteiger partial charge in [-0.05, 0) is 54.6 Å². The Morgan fingerprint density at radius 1 is 0.450 bits per heavy atom. The van der Waals surface area contributed by atoms with E-state index in [9.17, 15) is 0 Å². The molecule has 2 heterocycles. The van der Waals surface area contributed by atoms with Gasteiger partial charge in [0.25, 0.3) is 0 Å². The minimum absolute atomic E-state index is 0.902. The summed E-state index contributed by atoms with van der Waals surface area (Å²) in [5.41, 5.74) is 8.10. The van der Waals surface area contributed by atoms with Crippen LogP contribution >= 0.6 is 0 Å². The quantitative estimate of drug-likeness (QED) is 0.220. The van der Waals surface area contributed by atoms with Crippen molar-refractivity contribution < 1.29 is 4.42 Å². The SMILES string of the molecule is c1ccc(N(c2ccccc2)c2ccc(-c3nc4ccccc4c4c3ccc3c5ccccc5oc34)cc2)cc1. The van der Waals surface area contributed by atoms with E-state index < -0.39 is 0 Å². The number of benzene rings is 6. The molecule has 3 heteroatoms. The summed E-state index contributed by atoms with van der Waals surface area (Å²) in [6.07, 6.45) is 0. The monoisotopic (exact) mass is 512 g/mol. The number of rotatable bonds is 4. The maximum atomic E-state index is 6.48. The molecule has 0 saturated heterocycles. The van der Waals surface area contributed by atoms with Crippen molar-refractivity contribution in [1.29, 1.82) is 0 Å². The molecule has 6 aromatic carbocycles. The third-order valence-electron chi connectivity index (χ3n) is 7.64. The number of nitrogens with zero attached hydrogens (tertiary/aromatic N) is 2. The molecule has 0 radical (unpaired) electrons. The third-order valence-corrected chi connectivity index (χ3v) is 7.64. The fourth-order valence-corrected chi connectivity index (χ4v) is 5.81. The molecule has 0 amide bonds. The van der Waals surface area contributed by atoms with Crippen molar-refractivity contribution in [2.75, 3.05) is 4.90 Å². The van der Waals surface area contributed by atoms with Crippen LogP contribution in [-0.2, 0) is 0 Å². The number of aromatic nitrogens is 1. The maximum Gasteiger partial charge on any atom is 0.144 e. The molecule has 0 atom stereocenters. The highest BCUT2D eigenvalue weighted by atomic mass is 16.3. The predicted octanol–water partition coefficient (Wildman–Crippen LogP) is 10.4. The zero-order chi connectivity index (χ0) is 26.5. The van der Waals surface area contributed by atoms with E-state index in [1.807, 2.05) is 30.3 Å². The largest absolute Gasteiger partial charge is 0.455 e. The Labute approximate surface area is 231 Å². The lowest BCUT2D eigenvalue weighted by Crippen LogP contribution is -2.09. The smallest absolute Gasteiger partial charge is 0.144 e. The average molecular weight is 513 g/mol. The lowest BCUT2D eigenvalue weighted by Gasteiger charge is -2.25. The maximum absolute atomic E-state index is 6.48. The van der Waals surface area contributed by atoms with Gasteiger partial charge in [0.1, 0.15) is 11.2 Å². The predicted molar refractivity (Wildman–Crippen MR) is 167 cm³/mol. The molecule has 0 N–H and O–H groups in total. The van der Waals surface area contributed by atoms with E-state index in [0.29, 0.717) is 0 Å². The van der Waals surface area contributed by atoms with Crippen LogP contribution in [0.25, 0.3) is 54.9 Å². The second kappa shape index (κ2) is 9.11. The van der Waals surface area contributed by atoms with E-state index in [-0.39, 0.29) is 0 Å². The van der Waals surface area contributed by atoms with Gasteiger partial charge in [0.05, 0.1) is 11.2 Å². The molecule has 0 bridgehead atoms. The van der Waals surface area contributed by atoms with Gasteiger partial charge in [0, 0.05) is 49.6 Å². The molecule has 0 aliphatic carbocycles. The van der Waals surface area contributed by atoms with E-state index in [4.69, 9.17) is 9.40 Å². The Bertz CT molecular complexity index is 2110. The van der Waals surface area contributed by atoms with Gasteiger partial charge in [0.15, 0.2) is 0 Å². The molecule has 0 spiro atoms. The van der Waals surface area contributed by atoms with Crippen LogP contribution in [0.1, 0.15) is 0 Å². The van der Waals surface area contributed by atoms with Crippen LogP contribution in [0.15, 0.2) is 150 Å². The van der Waals surface area contributed by atoms with Gasteiger partial charge in [-0.25, -0.2) is 4.98 Å². The van der Waals surface area contributed by atoms with E-state index in [2.05, 4.69) is 120 Å².